The van der Waals surface area contributed by atoms with Crippen LogP contribution in [0, 0.1) is 6.92 Å². The van der Waals surface area contributed by atoms with Gasteiger partial charge >= 0.3 is 0 Å². The summed E-state index contributed by atoms with van der Waals surface area (Å²) in [6.07, 6.45) is 0.889. The van der Waals surface area contributed by atoms with Gasteiger partial charge in [0.2, 0.25) is 0 Å². The molecule has 1 unspecified atom stereocenters. The van der Waals surface area contributed by atoms with Crippen LogP contribution in [0.1, 0.15) is 36.5 Å². The summed E-state index contributed by atoms with van der Waals surface area (Å²) in [7, 11) is 1.93. The third-order valence-electron chi connectivity index (χ3n) is 4.53. The maximum Gasteiger partial charge on any atom is 0.191 e. The Morgan fingerprint density at radius 2 is 2.00 bits per heavy atom. The van der Waals surface area contributed by atoms with Gasteiger partial charge in [-0.2, -0.15) is 0 Å². The molecule has 0 radical (unpaired) electrons. The van der Waals surface area contributed by atoms with Crippen molar-refractivity contribution in [3.8, 4) is 0 Å². The van der Waals surface area contributed by atoms with Gasteiger partial charge in [-0.05, 0) is 25.8 Å². The number of guanidine groups is 1. The second-order valence-electron chi connectivity index (χ2n) is 6.54. The van der Waals surface area contributed by atoms with Crippen LogP contribution < -0.4 is 10.6 Å². The number of rotatable bonds is 11. The van der Waals surface area contributed by atoms with E-state index in [1.54, 1.807) is 0 Å². The number of benzene rings is 1. The average molecular weight is 516 g/mol. The van der Waals surface area contributed by atoms with Gasteiger partial charge < -0.3 is 25.0 Å². The highest BCUT2D eigenvalue weighted by atomic mass is 127. The highest BCUT2D eigenvalue weighted by Gasteiger charge is 2.11. The predicted octanol–water partition coefficient (Wildman–Crippen LogP) is 1.98. The summed E-state index contributed by atoms with van der Waals surface area (Å²) in [5.41, 5.74) is 1.09. The molecule has 8 nitrogen and oxygen atoms in total. The van der Waals surface area contributed by atoms with E-state index in [0.717, 1.165) is 36.8 Å². The van der Waals surface area contributed by atoms with Crippen LogP contribution >= 0.6 is 24.0 Å². The quantitative estimate of drug-likeness (QED) is 0.183. The van der Waals surface area contributed by atoms with Crippen LogP contribution in [0.25, 0.3) is 0 Å². The lowest BCUT2D eigenvalue weighted by molar-refractivity contribution is 0.145. The zero-order valence-electron chi connectivity index (χ0n) is 17.5. The standard InChI is InChI=1S/C20H32N6O2.HI/c1-4-28-12-8-11-21-20(23-14-19-25-24-16(2)26(19)3)22-13-18(15-27)17-9-6-5-7-10-17;/h5-7,9-10,18,27H,4,8,11-15H2,1-3H3,(H2,21,22,23);1H. The van der Waals surface area contributed by atoms with Crippen LogP contribution in [0.5, 0.6) is 0 Å². The average Bonchev–Trinajstić information content (AvgIpc) is 3.04. The Bertz CT molecular complexity index is 723. The van der Waals surface area contributed by atoms with Crippen LogP contribution in [-0.2, 0) is 18.3 Å². The van der Waals surface area contributed by atoms with Crippen LogP contribution in [-0.4, -0.2) is 58.7 Å². The number of halogens is 1. The molecular weight excluding hydrogens is 483 g/mol. The number of aliphatic hydroxyl groups is 1. The van der Waals surface area contributed by atoms with E-state index >= 15 is 0 Å². The Morgan fingerprint density at radius 3 is 2.62 bits per heavy atom. The lowest BCUT2D eigenvalue weighted by atomic mass is 10.0. The first-order valence-electron chi connectivity index (χ1n) is 9.76. The van der Waals surface area contributed by atoms with Gasteiger partial charge in [0.05, 0.1) is 6.61 Å². The molecule has 3 N–H and O–H groups in total. The number of hydrogen-bond donors (Lipinski definition) is 3. The molecule has 0 aliphatic carbocycles. The molecule has 162 valence electrons. The topological polar surface area (TPSA) is 96.6 Å². The molecule has 0 bridgehead atoms. The second-order valence-corrected chi connectivity index (χ2v) is 6.54. The molecule has 0 aliphatic rings. The van der Waals surface area contributed by atoms with Crippen molar-refractivity contribution >= 4 is 29.9 Å². The number of aliphatic imine (C=N–C) groups is 1. The highest BCUT2D eigenvalue weighted by molar-refractivity contribution is 14.0. The SMILES string of the molecule is CCOCCCNC(=NCc1nnc(C)n1C)NCC(CO)c1ccccc1.I. The Morgan fingerprint density at radius 1 is 1.24 bits per heavy atom. The molecule has 0 amide bonds. The maximum atomic E-state index is 9.77. The number of aryl methyl sites for hydroxylation is 1. The first-order chi connectivity index (χ1) is 13.7. The Balaban J connectivity index is 0.00000420. The molecule has 0 saturated carbocycles. The molecule has 29 heavy (non-hydrogen) atoms. The largest absolute Gasteiger partial charge is 0.396 e. The number of nitrogens with one attached hydrogen (secondary N) is 2. The molecule has 0 saturated heterocycles. The molecule has 0 spiro atoms. The van der Waals surface area contributed by atoms with E-state index < -0.39 is 0 Å². The van der Waals surface area contributed by atoms with E-state index in [0.29, 0.717) is 25.7 Å². The van der Waals surface area contributed by atoms with Crippen molar-refractivity contribution in [2.75, 3.05) is 32.9 Å². The monoisotopic (exact) mass is 516 g/mol. The number of nitrogens with zero attached hydrogens (tertiary/aromatic N) is 4. The minimum Gasteiger partial charge on any atom is -0.396 e. The van der Waals surface area contributed by atoms with E-state index in [1.165, 1.54) is 0 Å². The lowest BCUT2D eigenvalue weighted by Gasteiger charge is -2.18. The highest BCUT2D eigenvalue weighted by Crippen LogP contribution is 2.13. The number of aromatic nitrogens is 3. The number of ether oxygens (including phenoxy) is 1. The van der Waals surface area contributed by atoms with E-state index in [1.807, 2.05) is 55.8 Å². The van der Waals surface area contributed by atoms with Crippen molar-refractivity contribution in [1.29, 1.82) is 0 Å². The summed E-state index contributed by atoms with van der Waals surface area (Å²) in [6, 6.07) is 9.99. The van der Waals surface area contributed by atoms with E-state index in [2.05, 4.69) is 25.8 Å². The van der Waals surface area contributed by atoms with Crippen molar-refractivity contribution < 1.29 is 9.84 Å². The predicted molar refractivity (Wildman–Crippen MR) is 126 cm³/mol. The van der Waals surface area contributed by atoms with Crippen LogP contribution in [0.2, 0.25) is 0 Å². The Labute approximate surface area is 190 Å². The molecule has 1 aromatic carbocycles. The zero-order valence-corrected chi connectivity index (χ0v) is 19.8. The van der Waals surface area contributed by atoms with Gasteiger partial charge in [0.15, 0.2) is 11.8 Å². The fraction of sp³-hybridized carbons (Fsp3) is 0.550. The van der Waals surface area contributed by atoms with Gasteiger partial charge in [-0.3, -0.25) is 0 Å². The molecule has 1 aromatic heterocycles. The summed E-state index contributed by atoms with van der Waals surface area (Å²) >= 11 is 0. The van der Waals surface area contributed by atoms with Crippen molar-refractivity contribution in [2.45, 2.75) is 32.7 Å². The summed E-state index contributed by atoms with van der Waals surface area (Å²) in [5, 5.41) is 24.7. The van der Waals surface area contributed by atoms with Crippen LogP contribution in [0.15, 0.2) is 35.3 Å². The smallest absolute Gasteiger partial charge is 0.191 e. The maximum absolute atomic E-state index is 9.77. The number of aliphatic hydroxyl groups excluding tert-OH is 1. The molecule has 1 heterocycles. The minimum absolute atomic E-state index is 0. The van der Waals surface area contributed by atoms with Crippen molar-refractivity contribution in [1.82, 2.24) is 25.4 Å². The Kier molecular flexibility index (Phi) is 12.5. The lowest BCUT2D eigenvalue weighted by Crippen LogP contribution is -2.40. The van der Waals surface area contributed by atoms with Gasteiger partial charge in [0.1, 0.15) is 12.4 Å². The van der Waals surface area contributed by atoms with E-state index in [4.69, 9.17) is 4.74 Å². The van der Waals surface area contributed by atoms with Crippen LogP contribution in [0.3, 0.4) is 0 Å². The first-order valence-corrected chi connectivity index (χ1v) is 9.76. The molecule has 2 aromatic rings. The first kappa shape index (κ1) is 25.3. The van der Waals surface area contributed by atoms with Gasteiger partial charge in [-0.25, -0.2) is 4.99 Å². The summed E-state index contributed by atoms with van der Waals surface area (Å²) in [5.74, 6) is 2.34. The van der Waals surface area contributed by atoms with Crippen molar-refractivity contribution in [2.24, 2.45) is 12.0 Å². The number of hydrogen-bond acceptors (Lipinski definition) is 5. The normalized spacial score (nSPS) is 12.3. The van der Waals surface area contributed by atoms with Crippen molar-refractivity contribution in [3.63, 3.8) is 0 Å². The molecule has 1 atom stereocenters. The molecular formula is C20H33IN6O2. The molecule has 0 aliphatic heterocycles. The van der Waals surface area contributed by atoms with Gasteiger partial charge in [-0.1, -0.05) is 30.3 Å². The molecule has 0 fully saturated rings. The fourth-order valence-electron chi connectivity index (χ4n) is 2.67. The summed E-state index contributed by atoms with van der Waals surface area (Å²) in [6.45, 7) is 7.15. The van der Waals surface area contributed by atoms with Gasteiger partial charge in [0, 0.05) is 39.3 Å². The minimum atomic E-state index is -0.00584. The summed E-state index contributed by atoms with van der Waals surface area (Å²) in [4.78, 5) is 4.63. The van der Waals surface area contributed by atoms with E-state index in [9.17, 15) is 5.11 Å². The Hall–Kier alpha value is -1.72. The van der Waals surface area contributed by atoms with Gasteiger partial charge in [-0.15, -0.1) is 34.2 Å². The second kappa shape index (κ2) is 14.3. The van der Waals surface area contributed by atoms with Gasteiger partial charge in [0.25, 0.3) is 0 Å². The third kappa shape index (κ3) is 8.67. The fourth-order valence-corrected chi connectivity index (χ4v) is 2.67. The van der Waals surface area contributed by atoms with E-state index in [-0.39, 0.29) is 36.5 Å². The zero-order chi connectivity index (χ0) is 20.2. The molecule has 2 rings (SSSR count). The van der Waals surface area contributed by atoms with Crippen LogP contribution in [0.4, 0.5) is 0 Å². The van der Waals surface area contributed by atoms with Crippen molar-refractivity contribution in [3.05, 3.63) is 47.5 Å². The third-order valence-corrected chi connectivity index (χ3v) is 4.53. The summed E-state index contributed by atoms with van der Waals surface area (Å²) < 4.78 is 7.31. The molecule has 9 heteroatoms.